The Morgan fingerprint density at radius 2 is 1.89 bits per heavy atom. The van der Waals surface area contributed by atoms with Gasteiger partial charge in [-0.15, -0.1) is 0 Å². The van der Waals surface area contributed by atoms with Gasteiger partial charge in [0, 0.05) is 0 Å². The molecular weight excluding hydrogens is 240 g/mol. The molecule has 0 saturated heterocycles. The van der Waals surface area contributed by atoms with Crippen molar-refractivity contribution in [1.29, 1.82) is 0 Å². The average molecular weight is 262 g/mol. The van der Waals surface area contributed by atoms with Gasteiger partial charge in [0.25, 0.3) is 0 Å². The zero-order valence-corrected chi connectivity index (χ0v) is 11.1. The van der Waals surface area contributed by atoms with E-state index in [0.717, 1.165) is 0 Å². The van der Waals surface area contributed by atoms with E-state index >= 15 is 0 Å². The van der Waals surface area contributed by atoms with Crippen molar-refractivity contribution in [3.8, 4) is 0 Å². The number of hydrogen-bond acceptors (Lipinski definition) is 5. The minimum absolute atomic E-state index is 0.458. The van der Waals surface area contributed by atoms with Crippen LogP contribution in [0.25, 0.3) is 0 Å². The molecule has 0 bridgehead atoms. The number of amides is 1. The fourth-order valence-electron chi connectivity index (χ4n) is 1.30. The Bertz CT molecular complexity index is 300. The van der Waals surface area contributed by atoms with Crippen LogP contribution in [0.4, 0.5) is 0 Å². The molecule has 7 heteroatoms. The lowest BCUT2D eigenvalue weighted by atomic mass is 10.1. The maximum Gasteiger partial charge on any atom is 0.328 e. The minimum Gasteiger partial charge on any atom is -0.480 e. The van der Waals surface area contributed by atoms with Crippen LogP contribution in [0.3, 0.4) is 0 Å². The second-order valence-electron chi connectivity index (χ2n) is 5.04. The van der Waals surface area contributed by atoms with Crippen molar-refractivity contribution in [3.63, 3.8) is 0 Å². The number of ether oxygens (including phenoxy) is 1. The number of carbonyl (C=O) groups excluding carboxylic acids is 1. The number of nitrogens with one attached hydrogen (secondary N) is 1. The van der Waals surface area contributed by atoms with Crippen LogP contribution in [-0.2, 0) is 14.3 Å². The van der Waals surface area contributed by atoms with E-state index in [9.17, 15) is 9.59 Å². The third kappa shape index (κ3) is 5.95. The lowest BCUT2D eigenvalue weighted by molar-refractivity contribution is -0.144. The fraction of sp³-hybridized carbons (Fsp3) is 0.818. The number of hydrogen-bond donors (Lipinski definition) is 4. The Hall–Kier alpha value is -1.18. The summed E-state index contributed by atoms with van der Waals surface area (Å²) in [5, 5.41) is 19.6. The highest BCUT2D eigenvalue weighted by atomic mass is 16.5. The molecule has 7 nitrogen and oxygen atoms in total. The molecule has 0 aliphatic carbocycles. The third-order valence-electron chi connectivity index (χ3n) is 2.15. The molecule has 1 amide bonds. The van der Waals surface area contributed by atoms with Crippen LogP contribution in [0.15, 0.2) is 0 Å². The summed E-state index contributed by atoms with van der Waals surface area (Å²) in [6.07, 6.45) is -0.571. The van der Waals surface area contributed by atoms with Gasteiger partial charge >= 0.3 is 5.97 Å². The normalized spacial score (nSPS) is 16.8. The largest absolute Gasteiger partial charge is 0.480 e. The number of aliphatic hydroxyl groups is 1. The molecule has 0 aromatic rings. The van der Waals surface area contributed by atoms with E-state index in [1.807, 2.05) is 20.8 Å². The summed E-state index contributed by atoms with van der Waals surface area (Å²) in [6, 6.07) is -2.36. The van der Waals surface area contributed by atoms with E-state index in [1.54, 1.807) is 6.92 Å². The van der Waals surface area contributed by atoms with Crippen LogP contribution in [-0.4, -0.2) is 52.5 Å². The maximum absolute atomic E-state index is 11.7. The van der Waals surface area contributed by atoms with Crippen LogP contribution in [0.2, 0.25) is 0 Å². The molecular formula is C11H22N2O5. The molecule has 0 fully saturated rings. The number of carbonyl (C=O) groups is 2. The van der Waals surface area contributed by atoms with E-state index in [2.05, 4.69) is 5.32 Å². The monoisotopic (exact) mass is 262 g/mol. The van der Waals surface area contributed by atoms with Gasteiger partial charge in [0.05, 0.1) is 18.3 Å². The summed E-state index contributed by atoms with van der Waals surface area (Å²) in [4.78, 5) is 22.3. The molecule has 0 aliphatic heterocycles. The summed E-state index contributed by atoms with van der Waals surface area (Å²) >= 11 is 0. The zero-order valence-electron chi connectivity index (χ0n) is 11.1. The molecule has 0 unspecified atom stereocenters. The van der Waals surface area contributed by atoms with Crippen molar-refractivity contribution in [2.75, 3.05) is 6.61 Å². The van der Waals surface area contributed by atoms with E-state index in [0.29, 0.717) is 0 Å². The van der Waals surface area contributed by atoms with Gasteiger partial charge in [0.2, 0.25) is 5.91 Å². The summed E-state index contributed by atoms with van der Waals surface area (Å²) in [6.45, 7) is 6.40. The second-order valence-corrected chi connectivity index (χ2v) is 5.04. The first-order valence-corrected chi connectivity index (χ1v) is 5.66. The molecule has 0 aliphatic rings. The van der Waals surface area contributed by atoms with Gasteiger partial charge in [0.1, 0.15) is 12.1 Å². The minimum atomic E-state index is -1.36. The van der Waals surface area contributed by atoms with Crippen LogP contribution >= 0.6 is 0 Å². The number of rotatable bonds is 6. The van der Waals surface area contributed by atoms with Crippen LogP contribution in [0, 0.1) is 0 Å². The van der Waals surface area contributed by atoms with Gasteiger partial charge in [-0.1, -0.05) is 0 Å². The summed E-state index contributed by atoms with van der Waals surface area (Å²) in [7, 11) is 0. The third-order valence-corrected chi connectivity index (χ3v) is 2.15. The van der Waals surface area contributed by atoms with Crippen molar-refractivity contribution in [1.82, 2.24) is 5.32 Å². The second kappa shape index (κ2) is 6.67. The smallest absolute Gasteiger partial charge is 0.328 e. The Morgan fingerprint density at radius 3 is 2.22 bits per heavy atom. The SMILES string of the molecule is C[C@@H](OC(C)(C)C)[C@H](N)C(=O)N[C@H](CO)C(=O)O. The van der Waals surface area contributed by atoms with Crippen LogP contribution < -0.4 is 11.1 Å². The quantitative estimate of drug-likeness (QED) is 0.491. The molecule has 0 spiro atoms. The Morgan fingerprint density at radius 1 is 1.39 bits per heavy atom. The lowest BCUT2D eigenvalue weighted by Gasteiger charge is -2.28. The van der Waals surface area contributed by atoms with Crippen molar-refractivity contribution in [3.05, 3.63) is 0 Å². The van der Waals surface area contributed by atoms with Gasteiger partial charge in [-0.3, -0.25) is 4.79 Å². The molecule has 0 aromatic heterocycles. The van der Waals surface area contributed by atoms with Gasteiger partial charge in [0.15, 0.2) is 0 Å². The predicted octanol–water partition coefficient (Wildman–Crippen LogP) is -0.921. The van der Waals surface area contributed by atoms with Crippen molar-refractivity contribution in [2.45, 2.75) is 51.5 Å². The summed E-state index contributed by atoms with van der Waals surface area (Å²) in [5.74, 6) is -1.99. The first kappa shape index (κ1) is 16.8. The molecule has 0 saturated carbocycles. The molecule has 3 atom stereocenters. The van der Waals surface area contributed by atoms with Gasteiger partial charge in [-0.05, 0) is 27.7 Å². The first-order valence-electron chi connectivity index (χ1n) is 5.66. The van der Waals surface area contributed by atoms with Gasteiger partial charge in [-0.2, -0.15) is 0 Å². The highest BCUT2D eigenvalue weighted by Gasteiger charge is 2.28. The van der Waals surface area contributed by atoms with E-state index in [-0.39, 0.29) is 0 Å². The standard InChI is InChI=1S/C11H22N2O5/c1-6(18-11(2,3)4)8(12)9(15)13-7(5-14)10(16)17/h6-8,14H,5,12H2,1-4H3,(H,13,15)(H,16,17)/t6-,7-,8+/m1/s1. The van der Waals surface area contributed by atoms with Crippen molar-refractivity contribution >= 4 is 11.9 Å². The van der Waals surface area contributed by atoms with Crippen LogP contribution in [0.5, 0.6) is 0 Å². The number of nitrogens with two attached hydrogens (primary N) is 1. The van der Waals surface area contributed by atoms with E-state index in [1.165, 1.54) is 0 Å². The molecule has 5 N–H and O–H groups in total. The molecule has 0 rings (SSSR count). The fourth-order valence-corrected chi connectivity index (χ4v) is 1.30. The number of aliphatic carboxylic acids is 1. The molecule has 18 heavy (non-hydrogen) atoms. The molecule has 0 radical (unpaired) electrons. The Labute approximate surface area is 106 Å². The van der Waals surface area contributed by atoms with E-state index < -0.39 is 42.3 Å². The number of carboxylic acid groups (broad SMARTS) is 1. The molecule has 106 valence electrons. The highest BCUT2D eigenvalue weighted by molar-refractivity contribution is 5.87. The lowest BCUT2D eigenvalue weighted by Crippen LogP contribution is -2.54. The van der Waals surface area contributed by atoms with Gasteiger partial charge < -0.3 is 26.0 Å². The van der Waals surface area contributed by atoms with Crippen molar-refractivity contribution in [2.24, 2.45) is 5.73 Å². The van der Waals surface area contributed by atoms with Crippen molar-refractivity contribution < 1.29 is 24.5 Å². The Kier molecular flexibility index (Phi) is 6.23. The average Bonchev–Trinajstić information content (AvgIpc) is 2.21. The molecule has 0 aromatic carbocycles. The summed E-state index contributed by atoms with van der Waals surface area (Å²) in [5.41, 5.74) is 5.20. The van der Waals surface area contributed by atoms with Crippen LogP contribution in [0.1, 0.15) is 27.7 Å². The highest BCUT2D eigenvalue weighted by Crippen LogP contribution is 2.12. The Balaban J connectivity index is 4.46. The number of aliphatic hydroxyl groups excluding tert-OH is 1. The van der Waals surface area contributed by atoms with E-state index in [4.69, 9.17) is 20.7 Å². The van der Waals surface area contributed by atoms with Gasteiger partial charge in [-0.25, -0.2) is 4.79 Å². The maximum atomic E-state index is 11.7. The number of carboxylic acids is 1. The zero-order chi connectivity index (χ0) is 14.5. The summed E-state index contributed by atoms with van der Waals surface area (Å²) < 4.78 is 5.50. The first-order chi connectivity index (χ1) is 8.08. The molecule has 0 heterocycles. The predicted molar refractivity (Wildman–Crippen MR) is 64.9 cm³/mol. The topological polar surface area (TPSA) is 122 Å².